The lowest BCUT2D eigenvalue weighted by atomic mass is 10.2. The van der Waals surface area contributed by atoms with Crippen molar-refractivity contribution in [1.82, 2.24) is 24.9 Å². The fourth-order valence-electron chi connectivity index (χ4n) is 3.12. The van der Waals surface area contributed by atoms with Crippen molar-refractivity contribution in [2.24, 2.45) is 0 Å². The van der Waals surface area contributed by atoms with Crippen LogP contribution in [-0.2, 0) is 12.2 Å². The van der Waals surface area contributed by atoms with Crippen LogP contribution in [0.5, 0.6) is 11.5 Å². The van der Waals surface area contributed by atoms with Crippen LogP contribution in [-0.4, -0.2) is 39.1 Å². The number of methoxy groups -OCH3 is 2. The lowest BCUT2D eigenvalue weighted by Crippen LogP contribution is -2.01. The van der Waals surface area contributed by atoms with E-state index in [2.05, 4.69) is 27.3 Å². The number of hydrogen-bond acceptors (Lipinski definition) is 8. The fraction of sp³-hybridized carbons (Fsp3) is 0.273. The van der Waals surface area contributed by atoms with Crippen LogP contribution < -0.4 is 9.47 Å². The van der Waals surface area contributed by atoms with E-state index >= 15 is 0 Å². The smallest absolute Gasteiger partial charge is 0.226 e. The molecule has 31 heavy (non-hydrogen) atoms. The number of nitrogens with zero attached hydrogens (tertiary/aromatic N) is 5. The van der Waals surface area contributed by atoms with Crippen molar-refractivity contribution < 1.29 is 14.0 Å². The molecule has 0 bridgehead atoms. The lowest BCUT2D eigenvalue weighted by Gasteiger charge is -2.12. The third kappa shape index (κ3) is 4.56. The highest BCUT2D eigenvalue weighted by Crippen LogP contribution is 2.34. The van der Waals surface area contributed by atoms with Crippen LogP contribution in [0.25, 0.3) is 17.1 Å². The molecule has 8 nitrogen and oxygen atoms in total. The van der Waals surface area contributed by atoms with Crippen LogP contribution in [0.1, 0.15) is 25.1 Å². The molecule has 160 valence electrons. The zero-order chi connectivity index (χ0) is 21.6. The van der Waals surface area contributed by atoms with Gasteiger partial charge >= 0.3 is 0 Å². The van der Waals surface area contributed by atoms with Gasteiger partial charge < -0.3 is 14.0 Å². The Balaban J connectivity index is 1.71. The van der Waals surface area contributed by atoms with Crippen molar-refractivity contribution in [3.8, 4) is 28.6 Å². The van der Waals surface area contributed by atoms with Gasteiger partial charge in [0.15, 0.2) is 16.8 Å². The van der Waals surface area contributed by atoms with E-state index in [1.807, 2.05) is 53.1 Å². The number of thioether (sulfide) groups is 1. The second-order valence-electron chi connectivity index (χ2n) is 6.68. The van der Waals surface area contributed by atoms with Crippen LogP contribution in [0, 0.1) is 0 Å². The summed E-state index contributed by atoms with van der Waals surface area (Å²) in [6.45, 7) is 2.08. The molecule has 0 atom stereocenters. The van der Waals surface area contributed by atoms with Crippen molar-refractivity contribution in [3.63, 3.8) is 0 Å². The fourth-order valence-corrected chi connectivity index (χ4v) is 3.92. The van der Waals surface area contributed by atoms with Crippen LogP contribution >= 0.6 is 11.8 Å². The average Bonchev–Trinajstić information content (AvgIpc) is 3.44. The standard InChI is InChI=1S/C22H23N5O3S/c1-4-7-20-23-19(26-30-20)14-31-22-25-24-21(17-8-5-6-9-18(17)29-3)27(22)15-10-12-16(28-2)13-11-15/h5-6,8-13H,4,7,14H2,1-3H3. The maximum atomic E-state index is 5.55. The normalized spacial score (nSPS) is 10.9. The van der Waals surface area contributed by atoms with Crippen molar-refractivity contribution in [2.75, 3.05) is 14.2 Å². The molecule has 2 aromatic heterocycles. The Labute approximate surface area is 184 Å². The molecular weight excluding hydrogens is 414 g/mol. The predicted molar refractivity (Wildman–Crippen MR) is 118 cm³/mol. The van der Waals surface area contributed by atoms with Gasteiger partial charge in [-0.25, -0.2) is 0 Å². The van der Waals surface area contributed by atoms with Crippen LogP contribution in [0.15, 0.2) is 58.2 Å². The molecular formula is C22H23N5O3S. The molecule has 0 spiro atoms. The van der Waals surface area contributed by atoms with Gasteiger partial charge in [0.25, 0.3) is 0 Å². The summed E-state index contributed by atoms with van der Waals surface area (Å²) >= 11 is 1.50. The quantitative estimate of drug-likeness (QED) is 0.352. The number of benzene rings is 2. The minimum atomic E-state index is 0.521. The second-order valence-corrected chi connectivity index (χ2v) is 7.63. The number of hydrogen-bond donors (Lipinski definition) is 0. The highest BCUT2D eigenvalue weighted by Gasteiger charge is 2.20. The van der Waals surface area contributed by atoms with E-state index in [9.17, 15) is 0 Å². The monoisotopic (exact) mass is 437 g/mol. The third-order valence-electron chi connectivity index (χ3n) is 4.62. The molecule has 4 aromatic rings. The summed E-state index contributed by atoms with van der Waals surface area (Å²) in [6, 6.07) is 15.5. The van der Waals surface area contributed by atoms with Gasteiger partial charge in [-0.3, -0.25) is 4.57 Å². The summed E-state index contributed by atoms with van der Waals surface area (Å²) in [5, 5.41) is 13.7. The largest absolute Gasteiger partial charge is 0.497 e. The SMILES string of the molecule is CCCc1nc(CSc2nnc(-c3ccccc3OC)n2-c2ccc(OC)cc2)no1. The predicted octanol–water partition coefficient (Wildman–Crippen LogP) is 4.58. The van der Waals surface area contributed by atoms with E-state index in [-0.39, 0.29) is 0 Å². The number of aryl methyl sites for hydroxylation is 1. The molecule has 0 unspecified atom stereocenters. The molecule has 0 amide bonds. The summed E-state index contributed by atoms with van der Waals surface area (Å²) in [5.74, 6) is 4.00. The summed E-state index contributed by atoms with van der Waals surface area (Å²) < 4.78 is 18.1. The molecule has 0 aliphatic carbocycles. The summed E-state index contributed by atoms with van der Waals surface area (Å²) in [6.07, 6.45) is 1.74. The van der Waals surface area contributed by atoms with Gasteiger partial charge in [-0.15, -0.1) is 10.2 Å². The van der Waals surface area contributed by atoms with E-state index in [4.69, 9.17) is 14.0 Å². The number of para-hydroxylation sites is 1. The van der Waals surface area contributed by atoms with Gasteiger partial charge in [0, 0.05) is 6.42 Å². The Morgan fingerprint density at radius 2 is 1.81 bits per heavy atom. The van der Waals surface area contributed by atoms with Crippen molar-refractivity contribution >= 4 is 11.8 Å². The van der Waals surface area contributed by atoms with Crippen molar-refractivity contribution in [2.45, 2.75) is 30.7 Å². The minimum Gasteiger partial charge on any atom is -0.497 e. The van der Waals surface area contributed by atoms with Gasteiger partial charge in [-0.05, 0) is 42.8 Å². The molecule has 0 fully saturated rings. The van der Waals surface area contributed by atoms with E-state index < -0.39 is 0 Å². The highest BCUT2D eigenvalue weighted by atomic mass is 32.2. The van der Waals surface area contributed by atoms with E-state index in [0.717, 1.165) is 35.6 Å². The van der Waals surface area contributed by atoms with Gasteiger partial charge in [0.05, 0.1) is 31.2 Å². The molecule has 0 aliphatic rings. The Morgan fingerprint density at radius 1 is 1.00 bits per heavy atom. The summed E-state index contributed by atoms with van der Waals surface area (Å²) in [4.78, 5) is 4.44. The Hall–Kier alpha value is -3.33. The highest BCUT2D eigenvalue weighted by molar-refractivity contribution is 7.98. The second kappa shape index (κ2) is 9.65. The number of rotatable bonds is 9. The van der Waals surface area contributed by atoms with E-state index in [1.165, 1.54) is 11.8 Å². The van der Waals surface area contributed by atoms with E-state index in [0.29, 0.717) is 28.4 Å². The first-order valence-corrected chi connectivity index (χ1v) is 10.9. The van der Waals surface area contributed by atoms with Crippen LogP contribution in [0.2, 0.25) is 0 Å². The maximum Gasteiger partial charge on any atom is 0.226 e. The molecule has 0 aliphatic heterocycles. The van der Waals surface area contributed by atoms with Crippen molar-refractivity contribution in [1.29, 1.82) is 0 Å². The van der Waals surface area contributed by atoms with Crippen molar-refractivity contribution in [3.05, 3.63) is 60.2 Å². The first kappa shape index (κ1) is 20.9. The van der Waals surface area contributed by atoms with Gasteiger partial charge in [-0.2, -0.15) is 4.98 Å². The molecule has 0 N–H and O–H groups in total. The topological polar surface area (TPSA) is 88.1 Å². The lowest BCUT2D eigenvalue weighted by molar-refractivity contribution is 0.373. The number of ether oxygens (including phenoxy) is 2. The Morgan fingerprint density at radius 3 is 2.55 bits per heavy atom. The maximum absolute atomic E-state index is 5.55. The summed E-state index contributed by atoms with van der Waals surface area (Å²) in [7, 11) is 3.29. The van der Waals surface area contributed by atoms with E-state index in [1.54, 1.807) is 14.2 Å². The molecule has 2 heterocycles. The van der Waals surface area contributed by atoms with Crippen LogP contribution in [0.3, 0.4) is 0 Å². The van der Waals surface area contributed by atoms with Gasteiger partial charge in [-0.1, -0.05) is 36.0 Å². The molecule has 0 saturated heterocycles. The average molecular weight is 438 g/mol. The third-order valence-corrected chi connectivity index (χ3v) is 5.54. The van der Waals surface area contributed by atoms with Gasteiger partial charge in [0.1, 0.15) is 11.5 Å². The zero-order valence-electron chi connectivity index (χ0n) is 17.6. The Bertz CT molecular complexity index is 1140. The number of aromatic nitrogens is 5. The summed E-state index contributed by atoms with van der Waals surface area (Å²) in [5.41, 5.74) is 1.76. The van der Waals surface area contributed by atoms with Gasteiger partial charge in [0.2, 0.25) is 5.89 Å². The first-order valence-electron chi connectivity index (χ1n) is 9.91. The minimum absolute atomic E-state index is 0.521. The molecule has 0 radical (unpaired) electrons. The Kier molecular flexibility index (Phi) is 6.51. The first-order chi connectivity index (χ1) is 15.2. The molecule has 4 rings (SSSR count). The molecule has 2 aromatic carbocycles. The molecule has 0 saturated carbocycles. The van der Waals surface area contributed by atoms with Crippen LogP contribution in [0.4, 0.5) is 0 Å². The molecule has 9 heteroatoms. The zero-order valence-corrected chi connectivity index (χ0v) is 18.4.